The number of alkyl halides is 3. The Kier molecular flexibility index (Phi) is 10.4. The van der Waals surface area contributed by atoms with Crippen LogP contribution in [0.25, 0.3) is 11.3 Å². The number of carbonyl (C=O) groups is 4. The fraction of sp³-hybridized carbons (Fsp3) is 0.455. The lowest BCUT2D eigenvalue weighted by atomic mass is 10.1. The van der Waals surface area contributed by atoms with Gasteiger partial charge in [0.1, 0.15) is 18.2 Å². The molecule has 2 saturated heterocycles. The molecule has 0 saturated carbocycles. The highest BCUT2D eigenvalue weighted by Crippen LogP contribution is 2.36. The Bertz CT molecular complexity index is 1890. The Morgan fingerprint density at radius 3 is 2.39 bits per heavy atom. The highest BCUT2D eigenvalue weighted by Gasteiger charge is 2.43. The van der Waals surface area contributed by atoms with Gasteiger partial charge in [0.2, 0.25) is 5.91 Å². The van der Waals surface area contributed by atoms with Crippen LogP contribution in [0.4, 0.5) is 23.7 Å². The van der Waals surface area contributed by atoms with Crippen molar-refractivity contribution in [2.45, 2.75) is 57.7 Å². The van der Waals surface area contributed by atoms with Gasteiger partial charge in [-0.25, -0.2) is 9.78 Å². The molecule has 1 aromatic carbocycles. The summed E-state index contributed by atoms with van der Waals surface area (Å²) in [4.78, 5) is 60.9. The number of β-amino-alcohol motifs (C(OH)–C–C–N with tert-alkyl or cyclic N) is 1. The third-order valence-corrected chi connectivity index (χ3v) is 8.59. The maximum absolute atomic E-state index is 13.7. The predicted molar refractivity (Wildman–Crippen MR) is 178 cm³/mol. The molecule has 0 unspecified atom stereocenters. The van der Waals surface area contributed by atoms with E-state index in [0.29, 0.717) is 0 Å². The number of ether oxygens (including phenoxy) is 1. The third kappa shape index (κ3) is 8.12. The van der Waals surface area contributed by atoms with E-state index in [1.165, 1.54) is 39.6 Å². The lowest BCUT2D eigenvalue weighted by molar-refractivity contribution is -0.141. The average molecular weight is 733 g/mol. The van der Waals surface area contributed by atoms with Crippen molar-refractivity contribution >= 4 is 41.1 Å². The molecule has 272 valence electrons. The molecule has 2 aliphatic heterocycles. The normalized spacial score (nSPS) is 18.1. The lowest BCUT2D eigenvalue weighted by Gasteiger charge is -2.37. The number of piperazine rings is 1. The van der Waals surface area contributed by atoms with E-state index in [1.54, 1.807) is 25.7 Å². The monoisotopic (exact) mass is 732 g/mol. The van der Waals surface area contributed by atoms with Gasteiger partial charge in [0, 0.05) is 51.5 Å². The summed E-state index contributed by atoms with van der Waals surface area (Å²) in [5.41, 5.74) is -1.92. The second-order valence-electron chi connectivity index (χ2n) is 13.1. The van der Waals surface area contributed by atoms with Gasteiger partial charge < -0.3 is 29.5 Å². The van der Waals surface area contributed by atoms with E-state index in [1.807, 2.05) is 0 Å². The number of nitrogens with zero attached hydrogens (tertiary/aromatic N) is 7. The Balaban J connectivity index is 1.21. The largest absolute Gasteiger partial charge is 0.444 e. The Morgan fingerprint density at radius 2 is 1.78 bits per heavy atom. The quantitative estimate of drug-likeness (QED) is 0.365. The molecule has 0 bridgehead atoms. The van der Waals surface area contributed by atoms with Crippen molar-refractivity contribution in [2.24, 2.45) is 7.05 Å². The van der Waals surface area contributed by atoms with Gasteiger partial charge in [0.25, 0.3) is 11.8 Å². The van der Waals surface area contributed by atoms with E-state index in [0.717, 1.165) is 17.1 Å². The van der Waals surface area contributed by atoms with E-state index in [9.17, 15) is 37.5 Å². The Hall–Kier alpha value is -5.08. The van der Waals surface area contributed by atoms with Crippen LogP contribution in [0.2, 0.25) is 5.02 Å². The van der Waals surface area contributed by atoms with Gasteiger partial charge >= 0.3 is 12.3 Å². The van der Waals surface area contributed by atoms with Crippen molar-refractivity contribution in [3.8, 4) is 23.6 Å². The average Bonchev–Trinajstić information content (AvgIpc) is 3.76. The number of aromatic nitrogens is 4. The van der Waals surface area contributed by atoms with Gasteiger partial charge in [-0.1, -0.05) is 17.5 Å². The molecule has 4 heterocycles. The fourth-order valence-corrected chi connectivity index (χ4v) is 6.16. The zero-order valence-electron chi connectivity index (χ0n) is 28.2. The van der Waals surface area contributed by atoms with Gasteiger partial charge in [0.15, 0.2) is 11.5 Å². The number of aliphatic hydroxyl groups is 1. The molecule has 2 fully saturated rings. The number of amides is 4. The first kappa shape index (κ1) is 37.2. The summed E-state index contributed by atoms with van der Waals surface area (Å²) >= 11 is 6.46. The van der Waals surface area contributed by atoms with Crippen LogP contribution in [0.3, 0.4) is 0 Å². The van der Waals surface area contributed by atoms with E-state index in [-0.39, 0.29) is 85.0 Å². The summed E-state index contributed by atoms with van der Waals surface area (Å²) in [6, 6.07) is 3.35. The molecular weight excluding hydrogens is 697 g/mol. The standard InChI is InChI=1S/C33H36ClF3N8O6/c1-6-9-44-18-22(26(40-44)33(35,36)37)25-16-38-27(41(25)5)28(47)39-19-7-8-21(23(34)14-19)29(48)42-10-12-43(13-11-42)30(49)24-15-20(46)17-45(24)31(50)51-32(2,3)4/h1,7-8,14,16,18,20,24,46H,9-13,15,17H2,2-5H3,(H,39,47)/t20-,24+/m1/s1. The lowest BCUT2D eigenvalue weighted by Crippen LogP contribution is -2.55. The van der Waals surface area contributed by atoms with Gasteiger partial charge in [0.05, 0.1) is 40.7 Å². The summed E-state index contributed by atoms with van der Waals surface area (Å²) in [6.07, 6.45) is 1.22. The Labute approximate surface area is 296 Å². The number of hydrogen-bond acceptors (Lipinski definition) is 8. The van der Waals surface area contributed by atoms with E-state index in [2.05, 4.69) is 21.3 Å². The summed E-state index contributed by atoms with van der Waals surface area (Å²) < 4.78 is 48.7. The molecule has 2 N–H and O–H groups in total. The number of benzene rings is 1. The van der Waals surface area contributed by atoms with Crippen LogP contribution in [-0.2, 0) is 29.3 Å². The maximum atomic E-state index is 13.7. The zero-order chi connectivity index (χ0) is 37.4. The number of nitrogens with one attached hydrogen (secondary N) is 1. The van der Waals surface area contributed by atoms with Crippen LogP contribution in [0.15, 0.2) is 30.6 Å². The summed E-state index contributed by atoms with van der Waals surface area (Å²) in [5.74, 6) is 0.531. The van der Waals surface area contributed by atoms with Crippen molar-refractivity contribution in [1.29, 1.82) is 0 Å². The molecule has 0 radical (unpaired) electrons. The minimum absolute atomic E-state index is 0.0160. The van der Waals surface area contributed by atoms with Crippen LogP contribution >= 0.6 is 11.6 Å². The van der Waals surface area contributed by atoms with Crippen molar-refractivity contribution in [1.82, 2.24) is 34.0 Å². The van der Waals surface area contributed by atoms with Gasteiger partial charge in [-0.2, -0.15) is 18.3 Å². The topological polar surface area (TPSA) is 155 Å². The van der Waals surface area contributed by atoms with Gasteiger partial charge in [-0.3, -0.25) is 24.0 Å². The molecule has 4 amide bonds. The number of terminal acetylenes is 1. The van der Waals surface area contributed by atoms with Crippen molar-refractivity contribution < 1.29 is 42.2 Å². The number of anilines is 1. The summed E-state index contributed by atoms with van der Waals surface area (Å²) in [5, 5.41) is 16.4. The van der Waals surface area contributed by atoms with Gasteiger partial charge in [-0.05, 0) is 39.0 Å². The number of imidazole rings is 1. The van der Waals surface area contributed by atoms with Crippen molar-refractivity contribution in [3.63, 3.8) is 0 Å². The molecule has 2 aromatic heterocycles. The summed E-state index contributed by atoms with van der Waals surface area (Å²) in [7, 11) is 1.38. The number of hydrogen-bond donors (Lipinski definition) is 2. The third-order valence-electron chi connectivity index (χ3n) is 8.28. The first-order chi connectivity index (χ1) is 23.9. The maximum Gasteiger partial charge on any atom is 0.435 e. The number of carbonyl (C=O) groups excluding carboxylic acids is 4. The van der Waals surface area contributed by atoms with Crippen LogP contribution < -0.4 is 5.32 Å². The van der Waals surface area contributed by atoms with E-state index < -0.39 is 47.5 Å². The van der Waals surface area contributed by atoms with Crippen LogP contribution in [0, 0.1) is 12.3 Å². The van der Waals surface area contributed by atoms with Gasteiger partial charge in [-0.15, -0.1) is 6.42 Å². The molecule has 2 atom stereocenters. The molecule has 51 heavy (non-hydrogen) atoms. The van der Waals surface area contributed by atoms with E-state index >= 15 is 0 Å². The van der Waals surface area contributed by atoms with Crippen LogP contribution in [-0.4, -0.2) is 113 Å². The molecule has 14 nitrogen and oxygen atoms in total. The minimum Gasteiger partial charge on any atom is -0.444 e. The number of rotatable bonds is 6. The molecule has 18 heteroatoms. The van der Waals surface area contributed by atoms with Crippen molar-refractivity contribution in [3.05, 3.63) is 52.7 Å². The second kappa shape index (κ2) is 14.3. The number of halogens is 4. The zero-order valence-corrected chi connectivity index (χ0v) is 29.0. The molecule has 5 rings (SSSR count). The minimum atomic E-state index is -4.78. The SMILES string of the molecule is C#CCn1cc(-c2cnc(C(=O)Nc3ccc(C(=O)N4CCN(C(=O)[C@@H]5C[C@@H](O)CN5C(=O)OC(C)(C)C)CC4)c(Cl)c3)n2C)c(C(F)(F)F)n1. The highest BCUT2D eigenvalue weighted by molar-refractivity contribution is 6.34. The van der Waals surface area contributed by atoms with Crippen LogP contribution in [0.5, 0.6) is 0 Å². The highest BCUT2D eigenvalue weighted by atomic mass is 35.5. The fourth-order valence-electron chi connectivity index (χ4n) is 5.90. The number of aliphatic hydroxyl groups excluding tert-OH is 1. The molecular formula is C33H36ClF3N8O6. The first-order valence-corrected chi connectivity index (χ1v) is 16.2. The molecule has 3 aromatic rings. The second-order valence-corrected chi connectivity index (χ2v) is 13.5. The predicted octanol–water partition coefficient (Wildman–Crippen LogP) is 3.50. The summed E-state index contributed by atoms with van der Waals surface area (Å²) in [6.45, 7) is 5.65. The molecule has 0 aliphatic carbocycles. The molecule has 0 spiro atoms. The molecule has 2 aliphatic rings. The van der Waals surface area contributed by atoms with Crippen LogP contribution in [0.1, 0.15) is 53.9 Å². The first-order valence-electron chi connectivity index (χ1n) is 15.8. The van der Waals surface area contributed by atoms with E-state index in [4.69, 9.17) is 22.8 Å². The Morgan fingerprint density at radius 1 is 1.12 bits per heavy atom. The smallest absolute Gasteiger partial charge is 0.435 e. The number of likely N-dealkylation sites (tertiary alicyclic amines) is 1. The van der Waals surface area contributed by atoms with Crippen molar-refractivity contribution in [2.75, 3.05) is 38.0 Å².